The molecule has 0 aliphatic carbocycles. The highest BCUT2D eigenvalue weighted by Crippen LogP contribution is 2.35. The van der Waals surface area contributed by atoms with Gasteiger partial charge in [0.25, 0.3) is 0 Å². The molecule has 0 fully saturated rings. The Morgan fingerprint density at radius 1 is 1.71 bits per heavy atom. The van der Waals surface area contributed by atoms with Crippen LogP contribution in [0.1, 0.15) is 0 Å². The Balaban J connectivity index is 3.36. The summed E-state index contributed by atoms with van der Waals surface area (Å²) in [5.74, 6) is 0. The number of phosphoric acid groups is 1. The maximum atomic E-state index is 10.8. The van der Waals surface area contributed by atoms with Crippen molar-refractivity contribution in [3.05, 3.63) is 0 Å². The molecule has 0 unspecified atom stereocenters. The molecule has 0 saturated carbocycles. The van der Waals surface area contributed by atoms with Crippen LogP contribution < -0.4 is 0 Å². The van der Waals surface area contributed by atoms with Gasteiger partial charge in [-0.15, -0.1) is 0 Å². The summed E-state index contributed by atoms with van der Waals surface area (Å²) in [6, 6.07) is 0. The summed E-state index contributed by atoms with van der Waals surface area (Å²) in [7, 11) is -4.54. The van der Waals surface area contributed by atoms with Gasteiger partial charge in [0.05, 0.1) is 0 Å². The van der Waals surface area contributed by atoms with Crippen molar-refractivity contribution in [1.29, 1.82) is 0 Å². The Labute approximate surface area is 39.2 Å². The molecule has 0 atom stereocenters. The van der Waals surface area contributed by atoms with E-state index in [4.69, 9.17) is 9.79 Å². The summed E-state index contributed by atoms with van der Waals surface area (Å²) in [6.07, 6.45) is 0. The third-order valence-electron chi connectivity index (χ3n) is 0.217. The van der Waals surface area contributed by atoms with Crippen molar-refractivity contribution in [3.8, 4) is 0 Å². The Hall–Kier alpha value is 0.0400. The standard InChI is InChI=1S/CH4FO4P/c2-1-6-7(3,4)5/h1H2,(H2,3,4,5). The number of hydrogen-bond acceptors (Lipinski definition) is 2. The second-order valence-corrected chi connectivity index (χ2v) is 1.97. The van der Waals surface area contributed by atoms with Crippen molar-refractivity contribution in [2.75, 3.05) is 6.86 Å². The van der Waals surface area contributed by atoms with Crippen LogP contribution in [0.15, 0.2) is 0 Å². The highest BCUT2D eigenvalue weighted by atomic mass is 31.2. The van der Waals surface area contributed by atoms with E-state index in [0.717, 1.165) is 0 Å². The first-order chi connectivity index (χ1) is 3.06. The van der Waals surface area contributed by atoms with Gasteiger partial charge in [-0.2, -0.15) is 0 Å². The Morgan fingerprint density at radius 2 is 2.14 bits per heavy atom. The monoisotopic (exact) mass is 130 g/mol. The van der Waals surface area contributed by atoms with Crippen molar-refractivity contribution in [3.63, 3.8) is 0 Å². The van der Waals surface area contributed by atoms with E-state index in [1.807, 2.05) is 0 Å². The molecule has 44 valence electrons. The number of halogens is 1. The van der Waals surface area contributed by atoms with E-state index in [1.54, 1.807) is 0 Å². The lowest BCUT2D eigenvalue weighted by molar-refractivity contribution is 0.131. The maximum Gasteiger partial charge on any atom is 0.471 e. The van der Waals surface area contributed by atoms with Crippen LogP contribution in [0, 0.1) is 0 Å². The van der Waals surface area contributed by atoms with E-state index < -0.39 is 14.7 Å². The second-order valence-electron chi connectivity index (χ2n) is 0.729. The summed E-state index contributed by atoms with van der Waals surface area (Å²) in [5.41, 5.74) is 0. The van der Waals surface area contributed by atoms with E-state index in [2.05, 4.69) is 4.52 Å². The van der Waals surface area contributed by atoms with Gasteiger partial charge in [-0.3, -0.25) is 4.52 Å². The molecule has 0 radical (unpaired) electrons. The quantitative estimate of drug-likeness (QED) is 0.517. The molecule has 0 bridgehead atoms. The minimum Gasteiger partial charge on any atom is -0.303 e. The van der Waals surface area contributed by atoms with Crippen molar-refractivity contribution in [2.24, 2.45) is 0 Å². The maximum absolute atomic E-state index is 10.8. The van der Waals surface area contributed by atoms with Crippen molar-refractivity contribution in [1.82, 2.24) is 0 Å². The zero-order valence-electron chi connectivity index (χ0n) is 3.24. The van der Waals surface area contributed by atoms with Crippen LogP contribution in [0.5, 0.6) is 0 Å². The second kappa shape index (κ2) is 2.37. The zero-order chi connectivity index (χ0) is 5.91. The third-order valence-corrected chi connectivity index (χ3v) is 0.651. The van der Waals surface area contributed by atoms with E-state index in [1.165, 1.54) is 0 Å². The predicted octanol–water partition coefficient (Wildman–Crippen LogP) is 0.0227. The number of hydrogen-bond donors (Lipinski definition) is 2. The average Bonchev–Trinajstić information content (AvgIpc) is 1.30. The summed E-state index contributed by atoms with van der Waals surface area (Å²) in [6.45, 7) is -1.45. The van der Waals surface area contributed by atoms with Gasteiger partial charge in [-0.25, -0.2) is 8.96 Å². The van der Waals surface area contributed by atoms with Crippen LogP contribution in [0.4, 0.5) is 4.39 Å². The van der Waals surface area contributed by atoms with Crippen LogP contribution in [-0.2, 0) is 9.09 Å². The highest BCUT2D eigenvalue weighted by Gasteiger charge is 2.11. The molecule has 0 aromatic rings. The summed E-state index contributed by atoms with van der Waals surface area (Å²) in [4.78, 5) is 15.3. The van der Waals surface area contributed by atoms with Gasteiger partial charge in [-0.1, -0.05) is 0 Å². The van der Waals surface area contributed by atoms with E-state index >= 15 is 0 Å². The van der Waals surface area contributed by atoms with Gasteiger partial charge in [0.2, 0.25) is 0 Å². The van der Waals surface area contributed by atoms with Gasteiger partial charge in [0.15, 0.2) is 6.86 Å². The third kappa shape index (κ3) is 6.04. The fourth-order valence-corrected chi connectivity index (χ4v) is 0.191. The van der Waals surface area contributed by atoms with E-state index in [9.17, 15) is 8.96 Å². The van der Waals surface area contributed by atoms with Crippen LogP contribution >= 0.6 is 7.82 Å². The molecule has 2 N–H and O–H groups in total. The van der Waals surface area contributed by atoms with Gasteiger partial charge in [0, 0.05) is 0 Å². The number of rotatable bonds is 2. The molecule has 4 nitrogen and oxygen atoms in total. The lowest BCUT2D eigenvalue weighted by Crippen LogP contribution is -1.83. The molecule has 0 spiro atoms. The molecular formula is CH4FO4P. The Kier molecular flexibility index (Phi) is 2.39. The molecule has 6 heteroatoms. The minimum atomic E-state index is -4.54. The van der Waals surface area contributed by atoms with Gasteiger partial charge in [0.1, 0.15) is 0 Å². The molecule has 0 heterocycles. The first-order valence-electron chi connectivity index (χ1n) is 1.32. The molecule has 0 saturated heterocycles. The SMILES string of the molecule is O=P(O)(O)OCF. The van der Waals surface area contributed by atoms with E-state index in [0.29, 0.717) is 0 Å². The van der Waals surface area contributed by atoms with Crippen LogP contribution in [0.25, 0.3) is 0 Å². The molecule has 0 aliphatic rings. The molecule has 0 aliphatic heterocycles. The summed E-state index contributed by atoms with van der Waals surface area (Å²) < 4.78 is 23.5. The fourth-order valence-electron chi connectivity index (χ4n) is 0.0636. The number of phosphoric ester groups is 1. The highest BCUT2D eigenvalue weighted by molar-refractivity contribution is 7.46. The molecule has 0 aromatic heterocycles. The predicted molar refractivity (Wildman–Crippen MR) is 19.1 cm³/mol. The van der Waals surface area contributed by atoms with Crippen LogP contribution in [-0.4, -0.2) is 16.6 Å². The molecule has 0 rings (SSSR count). The lowest BCUT2D eigenvalue weighted by Gasteiger charge is -1.96. The van der Waals surface area contributed by atoms with Gasteiger partial charge in [-0.05, 0) is 0 Å². The number of alkyl halides is 1. The zero-order valence-corrected chi connectivity index (χ0v) is 4.14. The molecule has 0 amide bonds. The minimum absolute atomic E-state index is 1.45. The van der Waals surface area contributed by atoms with Crippen molar-refractivity contribution in [2.45, 2.75) is 0 Å². The molecule has 0 aromatic carbocycles. The average molecular weight is 130 g/mol. The Bertz CT molecular complexity index is 85.7. The normalized spacial score (nSPS) is 11.9. The lowest BCUT2D eigenvalue weighted by atomic mass is 11.6. The van der Waals surface area contributed by atoms with Crippen molar-refractivity contribution < 1.29 is 23.3 Å². The summed E-state index contributed by atoms with van der Waals surface area (Å²) in [5, 5.41) is 0. The smallest absolute Gasteiger partial charge is 0.303 e. The van der Waals surface area contributed by atoms with Crippen LogP contribution in [0.3, 0.4) is 0 Å². The van der Waals surface area contributed by atoms with Crippen molar-refractivity contribution >= 4 is 7.82 Å². The van der Waals surface area contributed by atoms with Gasteiger partial charge >= 0.3 is 7.82 Å². The Morgan fingerprint density at radius 3 is 2.14 bits per heavy atom. The van der Waals surface area contributed by atoms with Gasteiger partial charge < -0.3 is 9.79 Å². The molecule has 7 heavy (non-hydrogen) atoms. The first-order valence-corrected chi connectivity index (χ1v) is 2.85. The first kappa shape index (κ1) is 7.04. The topological polar surface area (TPSA) is 66.8 Å². The summed E-state index contributed by atoms with van der Waals surface area (Å²) >= 11 is 0. The van der Waals surface area contributed by atoms with Crippen LogP contribution in [0.2, 0.25) is 0 Å². The van der Waals surface area contributed by atoms with E-state index in [-0.39, 0.29) is 0 Å². The fraction of sp³-hybridized carbons (Fsp3) is 1.00. The largest absolute Gasteiger partial charge is 0.471 e. The molecular weight excluding hydrogens is 126 g/mol.